The molecule has 0 fully saturated rings. The molecule has 1 aromatic rings. The van der Waals surface area contributed by atoms with Gasteiger partial charge >= 0.3 is 0 Å². The average molecular weight is 253 g/mol. The molecule has 0 radical (unpaired) electrons. The minimum atomic E-state index is -0.488. The maximum absolute atomic E-state index is 11.5. The summed E-state index contributed by atoms with van der Waals surface area (Å²) in [7, 11) is 0. The van der Waals surface area contributed by atoms with Gasteiger partial charge in [0.2, 0.25) is 5.91 Å². The van der Waals surface area contributed by atoms with Crippen molar-refractivity contribution in [3.05, 3.63) is 24.2 Å². The molecule has 4 nitrogen and oxygen atoms in total. The molecule has 0 aliphatic rings. The van der Waals surface area contributed by atoms with Crippen LogP contribution in [0.2, 0.25) is 0 Å². The molecule has 1 heterocycles. The number of furan rings is 1. The van der Waals surface area contributed by atoms with E-state index in [1.807, 2.05) is 6.07 Å². The van der Waals surface area contributed by atoms with Gasteiger partial charge in [0.25, 0.3) is 0 Å². The standard InChI is InChI=1S/C14H23NO3/c1-14(2,3)9-11(16)10-15-13(17)7-6-12-5-4-8-18-12/h4-5,8,11,16H,6-7,9-10H2,1-3H3,(H,15,17). The van der Waals surface area contributed by atoms with Crippen molar-refractivity contribution in [1.29, 1.82) is 0 Å². The molecule has 0 saturated heterocycles. The van der Waals surface area contributed by atoms with E-state index in [-0.39, 0.29) is 11.3 Å². The molecule has 1 rings (SSSR count). The van der Waals surface area contributed by atoms with E-state index in [0.29, 0.717) is 25.8 Å². The molecule has 4 heteroatoms. The number of aliphatic hydroxyl groups is 1. The lowest BCUT2D eigenvalue weighted by molar-refractivity contribution is -0.121. The number of aryl methyl sites for hydroxylation is 1. The number of carbonyl (C=O) groups excluding carboxylic acids is 1. The summed E-state index contributed by atoms with van der Waals surface area (Å²) >= 11 is 0. The molecular formula is C14H23NO3. The number of rotatable bonds is 6. The lowest BCUT2D eigenvalue weighted by Gasteiger charge is -2.22. The highest BCUT2D eigenvalue weighted by molar-refractivity contribution is 5.76. The Kier molecular flexibility index (Phi) is 5.41. The number of nitrogens with one attached hydrogen (secondary N) is 1. The summed E-state index contributed by atoms with van der Waals surface area (Å²) in [6, 6.07) is 3.65. The topological polar surface area (TPSA) is 62.5 Å². The molecule has 0 aliphatic heterocycles. The Morgan fingerprint density at radius 1 is 1.50 bits per heavy atom. The highest BCUT2D eigenvalue weighted by Crippen LogP contribution is 2.20. The third-order valence-electron chi connectivity index (χ3n) is 2.56. The Balaban J connectivity index is 2.17. The summed E-state index contributed by atoms with van der Waals surface area (Å²) in [5, 5.41) is 12.5. The van der Waals surface area contributed by atoms with E-state index in [2.05, 4.69) is 26.1 Å². The summed E-state index contributed by atoms with van der Waals surface area (Å²) in [6.07, 6.45) is 2.76. The van der Waals surface area contributed by atoms with Gasteiger partial charge in [-0.05, 0) is 24.0 Å². The molecular weight excluding hydrogens is 230 g/mol. The third-order valence-corrected chi connectivity index (χ3v) is 2.56. The van der Waals surface area contributed by atoms with Crippen molar-refractivity contribution >= 4 is 5.91 Å². The monoisotopic (exact) mass is 253 g/mol. The number of hydrogen-bond acceptors (Lipinski definition) is 3. The molecule has 1 atom stereocenters. The molecule has 18 heavy (non-hydrogen) atoms. The van der Waals surface area contributed by atoms with E-state index >= 15 is 0 Å². The maximum atomic E-state index is 11.5. The first-order valence-electron chi connectivity index (χ1n) is 6.34. The lowest BCUT2D eigenvalue weighted by atomic mass is 9.89. The number of aliphatic hydroxyl groups excluding tert-OH is 1. The third kappa shape index (κ3) is 6.45. The minimum absolute atomic E-state index is 0.0561. The van der Waals surface area contributed by atoms with E-state index in [9.17, 15) is 9.90 Å². The second-order valence-electron chi connectivity index (χ2n) is 5.80. The number of hydrogen-bond donors (Lipinski definition) is 2. The SMILES string of the molecule is CC(C)(C)CC(O)CNC(=O)CCc1ccco1. The molecule has 0 spiro atoms. The maximum Gasteiger partial charge on any atom is 0.220 e. The van der Waals surface area contributed by atoms with E-state index in [1.54, 1.807) is 12.3 Å². The Bertz CT molecular complexity index is 352. The van der Waals surface area contributed by atoms with Gasteiger partial charge in [0, 0.05) is 19.4 Å². The van der Waals surface area contributed by atoms with Crippen molar-refractivity contribution in [3.63, 3.8) is 0 Å². The van der Waals surface area contributed by atoms with Crippen LogP contribution in [0.25, 0.3) is 0 Å². The van der Waals surface area contributed by atoms with Crippen LogP contribution in [0.15, 0.2) is 22.8 Å². The van der Waals surface area contributed by atoms with Gasteiger partial charge in [0.1, 0.15) is 5.76 Å². The minimum Gasteiger partial charge on any atom is -0.469 e. The first kappa shape index (κ1) is 14.8. The summed E-state index contributed by atoms with van der Waals surface area (Å²) < 4.78 is 5.15. The van der Waals surface area contributed by atoms with E-state index in [4.69, 9.17) is 4.42 Å². The van der Waals surface area contributed by atoms with Gasteiger partial charge in [-0.1, -0.05) is 20.8 Å². The fraction of sp³-hybridized carbons (Fsp3) is 0.643. The predicted molar refractivity (Wildman–Crippen MR) is 70.1 cm³/mol. The molecule has 2 N–H and O–H groups in total. The van der Waals surface area contributed by atoms with Gasteiger partial charge < -0.3 is 14.8 Å². The fourth-order valence-electron chi connectivity index (χ4n) is 1.79. The van der Waals surface area contributed by atoms with Crippen molar-refractivity contribution in [3.8, 4) is 0 Å². The van der Waals surface area contributed by atoms with E-state index in [0.717, 1.165) is 5.76 Å². The molecule has 0 bridgehead atoms. The van der Waals surface area contributed by atoms with Crippen molar-refractivity contribution in [2.75, 3.05) is 6.54 Å². The second-order valence-corrected chi connectivity index (χ2v) is 5.80. The zero-order valence-corrected chi connectivity index (χ0v) is 11.4. The van der Waals surface area contributed by atoms with Crippen LogP contribution in [-0.2, 0) is 11.2 Å². The summed E-state index contributed by atoms with van der Waals surface area (Å²) in [5.74, 6) is 0.750. The zero-order chi connectivity index (χ0) is 13.6. The van der Waals surface area contributed by atoms with Crippen LogP contribution in [0.4, 0.5) is 0 Å². The largest absolute Gasteiger partial charge is 0.469 e. The van der Waals surface area contributed by atoms with Crippen LogP contribution in [0.1, 0.15) is 39.4 Å². The Morgan fingerprint density at radius 3 is 2.78 bits per heavy atom. The van der Waals surface area contributed by atoms with Crippen LogP contribution in [0, 0.1) is 5.41 Å². The predicted octanol–water partition coefficient (Wildman–Crippen LogP) is 2.13. The zero-order valence-electron chi connectivity index (χ0n) is 11.4. The summed E-state index contributed by atoms with van der Waals surface area (Å²) in [6.45, 7) is 6.51. The molecule has 102 valence electrons. The van der Waals surface area contributed by atoms with Crippen LogP contribution in [-0.4, -0.2) is 23.7 Å². The van der Waals surface area contributed by atoms with Crippen LogP contribution < -0.4 is 5.32 Å². The van der Waals surface area contributed by atoms with E-state index in [1.165, 1.54) is 0 Å². The van der Waals surface area contributed by atoms with Crippen molar-refractivity contribution in [2.24, 2.45) is 5.41 Å². The van der Waals surface area contributed by atoms with Crippen LogP contribution >= 0.6 is 0 Å². The smallest absolute Gasteiger partial charge is 0.220 e. The van der Waals surface area contributed by atoms with Crippen molar-refractivity contribution in [1.82, 2.24) is 5.32 Å². The van der Waals surface area contributed by atoms with Gasteiger partial charge in [-0.2, -0.15) is 0 Å². The van der Waals surface area contributed by atoms with Crippen molar-refractivity contribution < 1.29 is 14.3 Å². The lowest BCUT2D eigenvalue weighted by Crippen LogP contribution is -2.34. The van der Waals surface area contributed by atoms with Gasteiger partial charge in [-0.15, -0.1) is 0 Å². The molecule has 1 aromatic heterocycles. The normalized spacial score (nSPS) is 13.3. The Morgan fingerprint density at radius 2 is 2.22 bits per heavy atom. The summed E-state index contributed by atoms with van der Waals surface area (Å²) in [5.41, 5.74) is 0.0678. The molecule has 0 aromatic carbocycles. The van der Waals surface area contributed by atoms with Gasteiger partial charge in [0.05, 0.1) is 12.4 Å². The van der Waals surface area contributed by atoms with Gasteiger partial charge in [0.15, 0.2) is 0 Å². The van der Waals surface area contributed by atoms with Crippen molar-refractivity contribution in [2.45, 2.75) is 46.1 Å². The number of amides is 1. The molecule has 1 unspecified atom stereocenters. The van der Waals surface area contributed by atoms with Gasteiger partial charge in [-0.25, -0.2) is 0 Å². The van der Waals surface area contributed by atoms with Crippen LogP contribution in [0.3, 0.4) is 0 Å². The second kappa shape index (κ2) is 6.59. The highest BCUT2D eigenvalue weighted by Gasteiger charge is 2.17. The van der Waals surface area contributed by atoms with E-state index < -0.39 is 6.10 Å². The quantitative estimate of drug-likeness (QED) is 0.816. The Labute approximate surface area is 108 Å². The number of carbonyl (C=O) groups is 1. The first-order valence-corrected chi connectivity index (χ1v) is 6.34. The summed E-state index contributed by atoms with van der Waals surface area (Å²) in [4.78, 5) is 11.5. The first-order chi connectivity index (χ1) is 8.37. The van der Waals surface area contributed by atoms with Gasteiger partial charge in [-0.3, -0.25) is 4.79 Å². The molecule has 0 aliphatic carbocycles. The molecule has 0 saturated carbocycles. The Hall–Kier alpha value is -1.29. The molecule has 1 amide bonds. The highest BCUT2D eigenvalue weighted by atomic mass is 16.3. The average Bonchev–Trinajstić information content (AvgIpc) is 2.74. The van der Waals surface area contributed by atoms with Crippen LogP contribution in [0.5, 0.6) is 0 Å². The fourth-order valence-corrected chi connectivity index (χ4v) is 1.79.